The lowest BCUT2D eigenvalue weighted by Crippen LogP contribution is -2.28. The maximum Gasteiger partial charge on any atom is 0.255 e. The number of aromatic nitrogens is 2. The topological polar surface area (TPSA) is 57.8 Å². The molecule has 98 valence electrons. The summed E-state index contributed by atoms with van der Waals surface area (Å²) in [5, 5.41) is 3.41. The molecule has 1 aromatic heterocycles. The predicted molar refractivity (Wildman–Crippen MR) is 72.0 cm³/mol. The Bertz CT molecular complexity index is 474. The van der Waals surface area contributed by atoms with Crippen LogP contribution in [0.15, 0.2) is 4.79 Å². The van der Waals surface area contributed by atoms with Crippen LogP contribution in [0.3, 0.4) is 0 Å². The zero-order valence-corrected chi connectivity index (χ0v) is 10.8. The summed E-state index contributed by atoms with van der Waals surface area (Å²) in [5.41, 5.74) is 2.00. The molecule has 4 heteroatoms. The van der Waals surface area contributed by atoms with E-state index < -0.39 is 0 Å². The zero-order chi connectivity index (χ0) is 12.4. The molecule has 0 saturated heterocycles. The quantitative estimate of drug-likeness (QED) is 0.843. The molecule has 0 aromatic carbocycles. The highest BCUT2D eigenvalue weighted by Gasteiger charge is 2.18. The minimum absolute atomic E-state index is 0.0676. The lowest BCUT2D eigenvalue weighted by Gasteiger charge is -2.23. The van der Waals surface area contributed by atoms with Crippen molar-refractivity contribution >= 4 is 5.95 Å². The summed E-state index contributed by atoms with van der Waals surface area (Å²) in [6.45, 7) is 0. The second-order valence-corrected chi connectivity index (χ2v) is 5.53. The van der Waals surface area contributed by atoms with Crippen molar-refractivity contribution in [2.24, 2.45) is 0 Å². The number of anilines is 1. The molecule has 0 unspecified atom stereocenters. The second kappa shape index (κ2) is 5.12. The Morgan fingerprint density at radius 1 is 1.06 bits per heavy atom. The van der Waals surface area contributed by atoms with Crippen molar-refractivity contribution in [1.29, 1.82) is 0 Å². The van der Waals surface area contributed by atoms with Crippen LogP contribution in [-0.2, 0) is 12.8 Å². The van der Waals surface area contributed by atoms with Gasteiger partial charge in [-0.3, -0.25) is 9.78 Å². The Kier molecular flexibility index (Phi) is 3.35. The number of nitrogens with one attached hydrogen (secondary N) is 2. The van der Waals surface area contributed by atoms with Crippen LogP contribution in [0, 0.1) is 0 Å². The van der Waals surface area contributed by atoms with Gasteiger partial charge in [-0.05, 0) is 38.5 Å². The molecule has 3 rings (SSSR count). The van der Waals surface area contributed by atoms with E-state index in [9.17, 15) is 4.79 Å². The summed E-state index contributed by atoms with van der Waals surface area (Å²) in [5.74, 6) is 0.688. The van der Waals surface area contributed by atoms with Gasteiger partial charge in [-0.2, -0.15) is 0 Å². The Balaban J connectivity index is 1.80. The number of fused-ring (bicyclic) bond motifs is 1. The molecule has 1 saturated carbocycles. The number of aromatic amines is 1. The number of hydrogen-bond donors (Lipinski definition) is 2. The standard InChI is InChI=1S/C14H21N3O/c18-13-11-8-4-5-9-12(11)16-14(17-13)15-10-6-2-1-3-7-10/h10H,1-9H2,(H2,15,16,17,18). The molecule has 1 aromatic rings. The van der Waals surface area contributed by atoms with Crippen LogP contribution in [0.5, 0.6) is 0 Å². The van der Waals surface area contributed by atoms with Gasteiger partial charge in [0.2, 0.25) is 5.95 Å². The monoisotopic (exact) mass is 247 g/mol. The van der Waals surface area contributed by atoms with Crippen molar-refractivity contribution in [2.45, 2.75) is 63.8 Å². The Morgan fingerprint density at radius 2 is 1.83 bits per heavy atom. The van der Waals surface area contributed by atoms with E-state index in [1.165, 1.54) is 32.1 Å². The van der Waals surface area contributed by atoms with Gasteiger partial charge in [0.05, 0.1) is 5.69 Å². The highest BCUT2D eigenvalue weighted by molar-refractivity contribution is 5.32. The molecule has 2 aliphatic carbocycles. The summed E-state index contributed by atoms with van der Waals surface area (Å²) < 4.78 is 0. The SMILES string of the molecule is O=c1[nH]c(NC2CCCCC2)nc2c1CCCC2. The van der Waals surface area contributed by atoms with Gasteiger partial charge < -0.3 is 5.32 Å². The van der Waals surface area contributed by atoms with Gasteiger partial charge in [0, 0.05) is 11.6 Å². The number of aryl methyl sites for hydroxylation is 1. The van der Waals surface area contributed by atoms with Crippen LogP contribution in [0.1, 0.15) is 56.2 Å². The molecule has 2 aliphatic rings. The van der Waals surface area contributed by atoms with Crippen LogP contribution in [0.4, 0.5) is 5.95 Å². The molecule has 1 heterocycles. The van der Waals surface area contributed by atoms with Crippen molar-refractivity contribution < 1.29 is 0 Å². The molecule has 1 fully saturated rings. The van der Waals surface area contributed by atoms with E-state index in [1.54, 1.807) is 0 Å². The fraction of sp³-hybridized carbons (Fsp3) is 0.714. The summed E-state index contributed by atoms with van der Waals surface area (Å²) in [7, 11) is 0. The molecule has 0 radical (unpaired) electrons. The van der Waals surface area contributed by atoms with E-state index in [-0.39, 0.29) is 5.56 Å². The normalized spacial score (nSPS) is 20.4. The number of H-pyrrole nitrogens is 1. The van der Waals surface area contributed by atoms with Gasteiger partial charge >= 0.3 is 0 Å². The molecule has 0 spiro atoms. The highest BCUT2D eigenvalue weighted by Crippen LogP contribution is 2.21. The maximum absolute atomic E-state index is 12.0. The zero-order valence-electron chi connectivity index (χ0n) is 10.8. The fourth-order valence-corrected chi connectivity index (χ4v) is 3.11. The summed E-state index contributed by atoms with van der Waals surface area (Å²) >= 11 is 0. The first kappa shape index (κ1) is 11.8. The highest BCUT2D eigenvalue weighted by atomic mass is 16.1. The van der Waals surface area contributed by atoms with Crippen molar-refractivity contribution in [3.8, 4) is 0 Å². The third-order valence-electron chi connectivity index (χ3n) is 4.14. The van der Waals surface area contributed by atoms with Crippen LogP contribution in [-0.4, -0.2) is 16.0 Å². The average Bonchev–Trinajstić information content (AvgIpc) is 2.40. The first-order chi connectivity index (χ1) is 8.83. The van der Waals surface area contributed by atoms with Crippen molar-refractivity contribution in [3.05, 3.63) is 21.6 Å². The van der Waals surface area contributed by atoms with E-state index in [4.69, 9.17) is 0 Å². The molecule has 0 aliphatic heterocycles. The van der Waals surface area contributed by atoms with Crippen LogP contribution >= 0.6 is 0 Å². The molecule has 18 heavy (non-hydrogen) atoms. The van der Waals surface area contributed by atoms with Crippen LogP contribution < -0.4 is 10.9 Å². The minimum Gasteiger partial charge on any atom is -0.353 e. The Morgan fingerprint density at radius 3 is 2.67 bits per heavy atom. The maximum atomic E-state index is 12.0. The number of rotatable bonds is 2. The second-order valence-electron chi connectivity index (χ2n) is 5.53. The molecule has 0 amide bonds. The van der Waals surface area contributed by atoms with Gasteiger partial charge in [0.15, 0.2) is 0 Å². The van der Waals surface area contributed by atoms with E-state index in [0.29, 0.717) is 12.0 Å². The summed E-state index contributed by atoms with van der Waals surface area (Å²) in [6.07, 6.45) is 10.4. The molecule has 4 nitrogen and oxygen atoms in total. The van der Waals surface area contributed by atoms with Crippen molar-refractivity contribution in [1.82, 2.24) is 9.97 Å². The third kappa shape index (κ3) is 2.42. The smallest absolute Gasteiger partial charge is 0.255 e. The molecular weight excluding hydrogens is 226 g/mol. The van der Waals surface area contributed by atoms with E-state index in [0.717, 1.165) is 36.9 Å². The van der Waals surface area contributed by atoms with Gasteiger partial charge in [-0.15, -0.1) is 0 Å². The largest absolute Gasteiger partial charge is 0.353 e. The lowest BCUT2D eigenvalue weighted by atomic mass is 9.95. The summed E-state index contributed by atoms with van der Waals surface area (Å²) in [6, 6.07) is 0.489. The van der Waals surface area contributed by atoms with Crippen LogP contribution in [0.2, 0.25) is 0 Å². The fourth-order valence-electron chi connectivity index (χ4n) is 3.11. The van der Waals surface area contributed by atoms with E-state index >= 15 is 0 Å². The molecular formula is C14H21N3O. The third-order valence-corrected chi connectivity index (χ3v) is 4.14. The van der Waals surface area contributed by atoms with Gasteiger partial charge in [-0.1, -0.05) is 19.3 Å². The molecule has 0 bridgehead atoms. The number of hydrogen-bond acceptors (Lipinski definition) is 3. The predicted octanol–water partition coefficient (Wildman–Crippen LogP) is 2.39. The average molecular weight is 247 g/mol. The molecule has 0 atom stereocenters. The minimum atomic E-state index is 0.0676. The summed E-state index contributed by atoms with van der Waals surface area (Å²) in [4.78, 5) is 19.5. The first-order valence-electron chi connectivity index (χ1n) is 7.21. The Labute approximate surface area is 107 Å². The molecule has 2 N–H and O–H groups in total. The lowest BCUT2D eigenvalue weighted by molar-refractivity contribution is 0.460. The van der Waals surface area contributed by atoms with Crippen molar-refractivity contribution in [3.63, 3.8) is 0 Å². The number of nitrogens with zero attached hydrogens (tertiary/aromatic N) is 1. The van der Waals surface area contributed by atoms with Gasteiger partial charge in [-0.25, -0.2) is 4.98 Å². The van der Waals surface area contributed by atoms with Gasteiger partial charge in [0.25, 0.3) is 5.56 Å². The Hall–Kier alpha value is -1.32. The van der Waals surface area contributed by atoms with Crippen LogP contribution in [0.25, 0.3) is 0 Å². The van der Waals surface area contributed by atoms with E-state index in [2.05, 4.69) is 15.3 Å². The first-order valence-corrected chi connectivity index (χ1v) is 7.21. The van der Waals surface area contributed by atoms with E-state index in [1.807, 2.05) is 0 Å². The van der Waals surface area contributed by atoms with Crippen molar-refractivity contribution in [2.75, 3.05) is 5.32 Å². The van der Waals surface area contributed by atoms with Gasteiger partial charge in [0.1, 0.15) is 0 Å².